The third kappa shape index (κ3) is 7.31. The van der Waals surface area contributed by atoms with Crippen LogP contribution in [0.5, 0.6) is 0 Å². The van der Waals surface area contributed by atoms with Gasteiger partial charge in [-0.3, -0.25) is 9.89 Å². The Hall–Kier alpha value is -3.77. The van der Waals surface area contributed by atoms with Gasteiger partial charge in [-0.1, -0.05) is 54.2 Å². The average Bonchev–Trinajstić information content (AvgIpc) is 3.36. The van der Waals surface area contributed by atoms with Crippen LogP contribution < -0.4 is 0 Å². The molecule has 218 valence electrons. The number of carbonyl (C=O) groups is 3. The van der Waals surface area contributed by atoms with E-state index in [4.69, 9.17) is 18.9 Å². The lowest BCUT2D eigenvalue weighted by Crippen LogP contribution is -2.59. The number of carbonyl (C=O) groups excluding carboxylic acids is 3. The maximum Gasteiger partial charge on any atom is 0.416 e. The van der Waals surface area contributed by atoms with Crippen molar-refractivity contribution in [1.29, 1.82) is 0 Å². The normalized spacial score (nSPS) is 23.7. The smallest absolute Gasteiger partial charge is 0.416 e. The van der Waals surface area contributed by atoms with Crippen molar-refractivity contribution in [3.8, 4) is 0 Å². The van der Waals surface area contributed by atoms with Crippen molar-refractivity contribution in [3.05, 3.63) is 84.4 Å². The van der Waals surface area contributed by atoms with E-state index in [9.17, 15) is 23.2 Å². The number of thioether (sulfide) groups is 1. The second kappa shape index (κ2) is 12.8. The van der Waals surface area contributed by atoms with Gasteiger partial charge in [-0.05, 0) is 45.0 Å². The molecule has 2 aliphatic heterocycles. The molecule has 0 aliphatic carbocycles. The number of alkyl halides is 2. The Kier molecular flexibility index (Phi) is 9.44. The van der Waals surface area contributed by atoms with Gasteiger partial charge in [-0.15, -0.1) is 6.58 Å². The number of rotatable bonds is 7. The first-order chi connectivity index (χ1) is 19.5. The van der Waals surface area contributed by atoms with E-state index < -0.39 is 59.8 Å². The van der Waals surface area contributed by atoms with Crippen LogP contribution in [0, 0.1) is 0 Å². The molecule has 0 spiro atoms. The van der Waals surface area contributed by atoms with E-state index in [1.807, 2.05) is 0 Å². The Morgan fingerprint density at radius 3 is 2.02 bits per heavy atom. The summed E-state index contributed by atoms with van der Waals surface area (Å²) in [7, 11) is 0. The molecule has 1 amide bonds. The van der Waals surface area contributed by atoms with Crippen LogP contribution in [-0.2, 0) is 18.9 Å². The minimum Gasteiger partial charge on any atom is -0.452 e. The number of hydrogen-bond donors (Lipinski definition) is 0. The van der Waals surface area contributed by atoms with Gasteiger partial charge in [0, 0.05) is 6.54 Å². The topological polar surface area (TPSA) is 104 Å². The fourth-order valence-corrected chi connectivity index (χ4v) is 5.36. The van der Waals surface area contributed by atoms with Gasteiger partial charge >= 0.3 is 18.0 Å². The molecule has 0 aromatic heterocycles. The summed E-state index contributed by atoms with van der Waals surface area (Å²) in [5.41, 5.74) is -1.63. The first-order valence-electron chi connectivity index (χ1n) is 12.8. The minimum atomic E-state index is -3.11. The molecule has 1 fully saturated rings. The van der Waals surface area contributed by atoms with Gasteiger partial charge < -0.3 is 18.9 Å². The van der Waals surface area contributed by atoms with Crippen LogP contribution in [0.15, 0.2) is 78.3 Å². The summed E-state index contributed by atoms with van der Waals surface area (Å²) in [6, 6.07) is 14.6. The molecule has 0 bridgehead atoms. The van der Waals surface area contributed by atoms with Gasteiger partial charge in [-0.25, -0.2) is 23.2 Å². The van der Waals surface area contributed by atoms with Crippen LogP contribution in [0.25, 0.3) is 0 Å². The summed E-state index contributed by atoms with van der Waals surface area (Å²) in [6.45, 7) is 8.75. The first-order valence-corrected chi connectivity index (χ1v) is 13.7. The molecule has 2 aliphatic rings. The standard InChI is InChI=1S/C29H30F2N2O7S/c1-5-16-33(28(36)40-29(2,3)4)27-32-19-20(37-24(34)17-12-8-6-9-13-17)21(22(23(30)31)39-26(19)41-27)38-25(35)18-14-10-7-11-15-18/h5-15,19-23,26H,1,16H2,2-4H3/t19-,20-,21+,22+,26-/m1/s1. The van der Waals surface area contributed by atoms with Crippen LogP contribution in [0.4, 0.5) is 13.6 Å². The molecule has 0 saturated carbocycles. The molecule has 2 aromatic carbocycles. The number of hydrogen-bond acceptors (Lipinski definition) is 9. The zero-order valence-corrected chi connectivity index (χ0v) is 23.5. The molecule has 0 N–H and O–H groups in total. The van der Waals surface area contributed by atoms with E-state index in [0.717, 1.165) is 11.8 Å². The van der Waals surface area contributed by atoms with Crippen molar-refractivity contribution in [2.75, 3.05) is 6.54 Å². The quantitative estimate of drug-likeness (QED) is 0.243. The number of fused-ring (bicyclic) bond motifs is 1. The Balaban J connectivity index is 1.71. The molecule has 1 saturated heterocycles. The molecule has 41 heavy (non-hydrogen) atoms. The number of halogens is 2. The van der Waals surface area contributed by atoms with Crippen molar-refractivity contribution < 1.29 is 42.1 Å². The summed E-state index contributed by atoms with van der Waals surface area (Å²) in [5.74, 6) is -1.73. The molecule has 5 atom stereocenters. The molecule has 0 unspecified atom stereocenters. The summed E-state index contributed by atoms with van der Waals surface area (Å²) < 4.78 is 51.3. The number of benzene rings is 2. The van der Waals surface area contributed by atoms with Crippen molar-refractivity contribution in [2.24, 2.45) is 4.99 Å². The Morgan fingerprint density at radius 1 is 1.00 bits per heavy atom. The molecular weight excluding hydrogens is 558 g/mol. The third-order valence-electron chi connectivity index (χ3n) is 5.95. The van der Waals surface area contributed by atoms with Crippen LogP contribution >= 0.6 is 11.8 Å². The largest absolute Gasteiger partial charge is 0.452 e. The average molecular weight is 589 g/mol. The van der Waals surface area contributed by atoms with E-state index in [-0.39, 0.29) is 22.8 Å². The fraction of sp³-hybridized carbons (Fsp3) is 0.379. The van der Waals surface area contributed by atoms with Crippen LogP contribution in [0.1, 0.15) is 41.5 Å². The SMILES string of the molecule is C=CCN(C(=O)OC(C)(C)C)C1=N[C@@H]2[C@@H](OC(=O)c3ccccc3)[C@H](OC(=O)c3ccccc3)[C@@H](C(F)F)O[C@@H]2S1. The summed E-state index contributed by atoms with van der Waals surface area (Å²) in [4.78, 5) is 44.8. The summed E-state index contributed by atoms with van der Waals surface area (Å²) in [6.07, 6.45) is -7.53. The molecule has 2 aromatic rings. The second-order valence-electron chi connectivity index (χ2n) is 10.2. The predicted molar refractivity (Wildman–Crippen MR) is 148 cm³/mol. The maximum absolute atomic E-state index is 14.4. The number of ether oxygens (including phenoxy) is 4. The van der Waals surface area contributed by atoms with Gasteiger partial charge in [0.05, 0.1) is 11.1 Å². The molecular formula is C29H30F2N2O7S. The van der Waals surface area contributed by atoms with E-state index in [0.29, 0.717) is 0 Å². The molecule has 12 heteroatoms. The lowest BCUT2D eigenvalue weighted by atomic mass is 9.97. The van der Waals surface area contributed by atoms with Crippen LogP contribution in [0.2, 0.25) is 0 Å². The van der Waals surface area contributed by atoms with Crippen molar-refractivity contribution in [3.63, 3.8) is 0 Å². The maximum atomic E-state index is 14.4. The summed E-state index contributed by atoms with van der Waals surface area (Å²) >= 11 is 0.902. The Bertz CT molecular complexity index is 1290. The highest BCUT2D eigenvalue weighted by Gasteiger charge is 2.56. The Labute approximate surface area is 240 Å². The lowest BCUT2D eigenvalue weighted by Gasteiger charge is -2.41. The van der Waals surface area contributed by atoms with Crippen LogP contribution in [-0.4, -0.2) is 76.5 Å². The predicted octanol–water partition coefficient (Wildman–Crippen LogP) is 5.32. The second-order valence-corrected chi connectivity index (χ2v) is 11.2. The summed E-state index contributed by atoms with van der Waals surface area (Å²) in [5, 5.41) is 0.0953. The van der Waals surface area contributed by atoms with Crippen LogP contribution in [0.3, 0.4) is 0 Å². The van der Waals surface area contributed by atoms with Gasteiger partial charge in [0.2, 0.25) is 0 Å². The van der Waals surface area contributed by atoms with Gasteiger partial charge in [0.25, 0.3) is 6.43 Å². The number of amidine groups is 1. The fourth-order valence-electron chi connectivity index (χ4n) is 4.16. The minimum absolute atomic E-state index is 0.000641. The van der Waals surface area contributed by atoms with E-state index in [1.165, 1.54) is 35.2 Å². The molecule has 0 radical (unpaired) electrons. The Morgan fingerprint density at radius 2 is 1.54 bits per heavy atom. The van der Waals surface area contributed by atoms with Gasteiger partial charge in [0.1, 0.15) is 17.1 Å². The van der Waals surface area contributed by atoms with Crippen molar-refractivity contribution in [1.82, 2.24) is 4.90 Å². The third-order valence-corrected chi connectivity index (χ3v) is 7.10. The number of amides is 1. The first kappa shape index (κ1) is 30.2. The van der Waals surface area contributed by atoms with Crippen molar-refractivity contribution in [2.45, 2.75) is 62.6 Å². The molecule has 4 rings (SSSR count). The molecule has 2 heterocycles. The lowest BCUT2D eigenvalue weighted by molar-refractivity contribution is -0.194. The monoisotopic (exact) mass is 588 g/mol. The zero-order chi connectivity index (χ0) is 29.7. The highest BCUT2D eigenvalue weighted by molar-refractivity contribution is 8.14. The van der Waals surface area contributed by atoms with E-state index in [2.05, 4.69) is 11.6 Å². The number of aliphatic imine (C=N–C) groups is 1. The van der Waals surface area contributed by atoms with Crippen molar-refractivity contribution >= 4 is 35.0 Å². The zero-order valence-electron chi connectivity index (χ0n) is 22.6. The number of nitrogens with zero attached hydrogens (tertiary/aromatic N) is 2. The highest BCUT2D eigenvalue weighted by atomic mass is 32.2. The van der Waals surface area contributed by atoms with E-state index in [1.54, 1.807) is 57.2 Å². The molecule has 9 nitrogen and oxygen atoms in total. The van der Waals surface area contributed by atoms with Gasteiger partial charge in [-0.2, -0.15) is 0 Å². The van der Waals surface area contributed by atoms with Gasteiger partial charge in [0.15, 0.2) is 23.5 Å². The van der Waals surface area contributed by atoms with E-state index >= 15 is 0 Å². The number of esters is 2. The highest BCUT2D eigenvalue weighted by Crippen LogP contribution is 2.41.